The monoisotopic (exact) mass is 275 g/mol. The van der Waals surface area contributed by atoms with Gasteiger partial charge < -0.3 is 9.84 Å². The van der Waals surface area contributed by atoms with E-state index < -0.39 is 0 Å². The quantitative estimate of drug-likeness (QED) is 0.788. The van der Waals surface area contributed by atoms with Crippen LogP contribution in [0.2, 0.25) is 0 Å². The Balaban J connectivity index is 1.83. The Morgan fingerprint density at radius 3 is 3.00 bits per heavy atom. The molecule has 7 heteroatoms. The predicted molar refractivity (Wildman–Crippen MR) is 73.2 cm³/mol. The summed E-state index contributed by atoms with van der Waals surface area (Å²) >= 11 is 1.71. The molecule has 3 heterocycles. The molecule has 3 aromatic heterocycles. The highest BCUT2D eigenvalue weighted by Gasteiger charge is 2.12. The maximum atomic E-state index is 5.11. The molecule has 0 radical (unpaired) electrons. The van der Waals surface area contributed by atoms with Crippen LogP contribution in [-0.4, -0.2) is 20.1 Å². The SMILES string of the molecule is CCc1cnc(CNc2ncnc3onc(C)c23)s1. The first-order valence-corrected chi connectivity index (χ1v) is 6.84. The summed E-state index contributed by atoms with van der Waals surface area (Å²) in [6.45, 7) is 4.64. The van der Waals surface area contributed by atoms with Gasteiger partial charge in [-0.25, -0.2) is 9.97 Å². The highest BCUT2D eigenvalue weighted by Crippen LogP contribution is 2.23. The average Bonchev–Trinajstić information content (AvgIpc) is 3.04. The number of aromatic nitrogens is 4. The van der Waals surface area contributed by atoms with Gasteiger partial charge in [-0.15, -0.1) is 11.3 Å². The van der Waals surface area contributed by atoms with Crippen molar-refractivity contribution in [2.24, 2.45) is 0 Å². The zero-order chi connectivity index (χ0) is 13.2. The van der Waals surface area contributed by atoms with Crippen LogP contribution in [0.1, 0.15) is 22.5 Å². The summed E-state index contributed by atoms with van der Waals surface area (Å²) in [6, 6.07) is 0. The first kappa shape index (κ1) is 12.0. The Kier molecular flexibility index (Phi) is 3.12. The molecule has 0 aliphatic heterocycles. The van der Waals surface area contributed by atoms with Crippen LogP contribution in [0.25, 0.3) is 11.1 Å². The lowest BCUT2D eigenvalue weighted by Gasteiger charge is -2.03. The third kappa shape index (κ3) is 2.28. The smallest absolute Gasteiger partial charge is 0.263 e. The first-order valence-electron chi connectivity index (χ1n) is 6.02. The minimum Gasteiger partial charge on any atom is -0.363 e. The highest BCUT2D eigenvalue weighted by molar-refractivity contribution is 7.11. The van der Waals surface area contributed by atoms with E-state index in [1.807, 2.05) is 13.1 Å². The van der Waals surface area contributed by atoms with Crippen LogP contribution in [0.4, 0.5) is 5.82 Å². The summed E-state index contributed by atoms with van der Waals surface area (Å²) in [5.41, 5.74) is 1.29. The Hall–Kier alpha value is -2.02. The molecule has 0 atom stereocenters. The summed E-state index contributed by atoms with van der Waals surface area (Å²) in [6.07, 6.45) is 4.40. The van der Waals surface area contributed by atoms with Crippen molar-refractivity contribution in [3.05, 3.63) is 28.1 Å². The first-order chi connectivity index (χ1) is 9.28. The number of aryl methyl sites for hydroxylation is 2. The van der Waals surface area contributed by atoms with Gasteiger partial charge in [-0.3, -0.25) is 0 Å². The van der Waals surface area contributed by atoms with Crippen molar-refractivity contribution in [2.45, 2.75) is 26.8 Å². The maximum absolute atomic E-state index is 5.11. The van der Waals surface area contributed by atoms with E-state index in [1.165, 1.54) is 11.2 Å². The fourth-order valence-corrected chi connectivity index (χ4v) is 2.61. The number of anilines is 1. The number of hydrogen-bond donors (Lipinski definition) is 1. The van der Waals surface area contributed by atoms with Crippen molar-refractivity contribution in [1.82, 2.24) is 20.1 Å². The molecule has 0 aliphatic carbocycles. The molecule has 6 nitrogen and oxygen atoms in total. The number of hydrogen-bond acceptors (Lipinski definition) is 7. The molecule has 0 bridgehead atoms. The third-order valence-electron chi connectivity index (χ3n) is 2.80. The van der Waals surface area contributed by atoms with Gasteiger partial charge in [-0.1, -0.05) is 12.1 Å². The van der Waals surface area contributed by atoms with Gasteiger partial charge in [-0.2, -0.15) is 4.98 Å². The molecule has 0 aromatic carbocycles. The molecule has 19 heavy (non-hydrogen) atoms. The second kappa shape index (κ2) is 4.93. The van der Waals surface area contributed by atoms with Crippen LogP contribution in [0.3, 0.4) is 0 Å². The Labute approximate surface area is 113 Å². The summed E-state index contributed by atoms with van der Waals surface area (Å²) in [7, 11) is 0. The summed E-state index contributed by atoms with van der Waals surface area (Å²) in [5.74, 6) is 0.733. The Bertz CT molecular complexity index is 705. The van der Waals surface area contributed by atoms with E-state index in [0.717, 1.165) is 28.3 Å². The van der Waals surface area contributed by atoms with Crippen molar-refractivity contribution in [1.29, 1.82) is 0 Å². The van der Waals surface area contributed by atoms with Gasteiger partial charge in [0.05, 0.1) is 12.2 Å². The molecule has 0 amide bonds. The molecule has 0 spiro atoms. The molecular weight excluding hydrogens is 262 g/mol. The van der Waals surface area contributed by atoms with E-state index >= 15 is 0 Å². The summed E-state index contributed by atoms with van der Waals surface area (Å²) in [4.78, 5) is 13.9. The highest BCUT2D eigenvalue weighted by atomic mass is 32.1. The molecule has 0 unspecified atom stereocenters. The Morgan fingerprint density at radius 1 is 1.32 bits per heavy atom. The van der Waals surface area contributed by atoms with Crippen molar-refractivity contribution in [3.8, 4) is 0 Å². The standard InChI is InChI=1S/C12H13N5OS/c1-3-8-4-13-9(19-8)5-14-11-10-7(2)17-18-12(10)16-6-15-11/h4,6H,3,5H2,1-2H3,(H,14,15,16). The van der Waals surface area contributed by atoms with Gasteiger partial charge in [-0.05, 0) is 13.3 Å². The average molecular weight is 275 g/mol. The van der Waals surface area contributed by atoms with E-state index in [0.29, 0.717) is 12.3 Å². The number of rotatable bonds is 4. The van der Waals surface area contributed by atoms with Crippen LogP contribution >= 0.6 is 11.3 Å². The van der Waals surface area contributed by atoms with E-state index in [9.17, 15) is 0 Å². The molecule has 3 aromatic rings. The van der Waals surface area contributed by atoms with Crippen LogP contribution in [0.5, 0.6) is 0 Å². The predicted octanol–water partition coefficient (Wildman–Crippen LogP) is 2.56. The summed E-state index contributed by atoms with van der Waals surface area (Å²) < 4.78 is 5.11. The molecule has 0 saturated carbocycles. The minimum atomic E-state index is 0.503. The minimum absolute atomic E-state index is 0.503. The van der Waals surface area contributed by atoms with Gasteiger partial charge in [0.15, 0.2) is 0 Å². The number of nitrogens with zero attached hydrogens (tertiary/aromatic N) is 4. The normalized spacial score (nSPS) is 11.1. The van der Waals surface area contributed by atoms with Gasteiger partial charge >= 0.3 is 0 Å². The fraction of sp³-hybridized carbons (Fsp3) is 0.333. The largest absolute Gasteiger partial charge is 0.363 e. The van der Waals surface area contributed by atoms with Crippen molar-refractivity contribution in [3.63, 3.8) is 0 Å². The van der Waals surface area contributed by atoms with Crippen LogP contribution in [0.15, 0.2) is 17.0 Å². The van der Waals surface area contributed by atoms with Crippen molar-refractivity contribution in [2.75, 3.05) is 5.32 Å². The fourth-order valence-electron chi connectivity index (χ4n) is 1.81. The zero-order valence-electron chi connectivity index (χ0n) is 10.7. The number of nitrogens with one attached hydrogen (secondary N) is 1. The molecule has 3 rings (SSSR count). The van der Waals surface area contributed by atoms with E-state index in [1.54, 1.807) is 11.3 Å². The Morgan fingerprint density at radius 2 is 2.21 bits per heavy atom. The number of thiazole rings is 1. The van der Waals surface area contributed by atoms with Gasteiger partial charge in [0.1, 0.15) is 22.5 Å². The van der Waals surface area contributed by atoms with Gasteiger partial charge in [0.2, 0.25) is 0 Å². The maximum Gasteiger partial charge on any atom is 0.263 e. The molecule has 0 aliphatic rings. The van der Waals surface area contributed by atoms with Crippen molar-refractivity contribution < 1.29 is 4.52 Å². The molecule has 1 N–H and O–H groups in total. The van der Waals surface area contributed by atoms with Gasteiger partial charge in [0, 0.05) is 11.1 Å². The zero-order valence-corrected chi connectivity index (χ0v) is 11.5. The van der Waals surface area contributed by atoms with Gasteiger partial charge in [0.25, 0.3) is 5.71 Å². The van der Waals surface area contributed by atoms with E-state index in [4.69, 9.17) is 4.52 Å². The van der Waals surface area contributed by atoms with Crippen molar-refractivity contribution >= 4 is 28.3 Å². The second-order valence-corrected chi connectivity index (χ2v) is 5.30. The molecule has 0 fully saturated rings. The number of fused-ring (bicyclic) bond motifs is 1. The lowest BCUT2D eigenvalue weighted by Crippen LogP contribution is -2.02. The van der Waals surface area contributed by atoms with Crippen LogP contribution < -0.4 is 5.32 Å². The van der Waals surface area contributed by atoms with Crippen LogP contribution in [-0.2, 0) is 13.0 Å². The lowest BCUT2D eigenvalue weighted by atomic mass is 10.3. The van der Waals surface area contributed by atoms with E-state index in [-0.39, 0.29) is 0 Å². The molecule has 0 saturated heterocycles. The molecule has 98 valence electrons. The second-order valence-electron chi connectivity index (χ2n) is 4.10. The third-order valence-corrected chi connectivity index (χ3v) is 3.94. The van der Waals surface area contributed by atoms with Crippen LogP contribution in [0, 0.1) is 6.92 Å². The topological polar surface area (TPSA) is 76.7 Å². The van der Waals surface area contributed by atoms with E-state index in [2.05, 4.69) is 32.3 Å². The lowest BCUT2D eigenvalue weighted by molar-refractivity contribution is 0.442. The summed E-state index contributed by atoms with van der Waals surface area (Å²) in [5, 5.41) is 9.03. The molecular formula is C12H13N5OS.